The Morgan fingerprint density at radius 3 is 2.42 bits per heavy atom. The standard InChI is InChI=1S/C11H16IN3O3S/c1-6(2)10(14)11(16)15-19(17,18)7-3-4-9(13)8(12)5-7/h3-6,10H,13-14H2,1-2H3,(H,15,16)/t10-/m0/s1. The molecule has 1 amide bonds. The van der Waals surface area contributed by atoms with Gasteiger partial charge in [0.1, 0.15) is 0 Å². The molecule has 0 aliphatic carbocycles. The molecule has 0 aliphatic rings. The Hall–Kier alpha value is -0.870. The van der Waals surface area contributed by atoms with E-state index in [-0.39, 0.29) is 10.8 Å². The van der Waals surface area contributed by atoms with Crippen molar-refractivity contribution < 1.29 is 13.2 Å². The van der Waals surface area contributed by atoms with E-state index < -0.39 is 22.0 Å². The molecule has 0 saturated heterocycles. The third-order valence-electron chi connectivity index (χ3n) is 2.54. The molecule has 0 spiro atoms. The lowest BCUT2D eigenvalue weighted by Crippen LogP contribution is -2.46. The Bertz CT molecular complexity index is 587. The first-order valence-corrected chi connectivity index (χ1v) is 8.08. The van der Waals surface area contributed by atoms with Crippen molar-refractivity contribution in [1.29, 1.82) is 0 Å². The molecule has 1 atom stereocenters. The van der Waals surface area contributed by atoms with Crippen LogP contribution in [0.25, 0.3) is 0 Å². The van der Waals surface area contributed by atoms with E-state index in [1.807, 2.05) is 27.3 Å². The second-order valence-electron chi connectivity index (χ2n) is 4.42. The Labute approximate surface area is 126 Å². The fourth-order valence-corrected chi connectivity index (χ4v) is 3.00. The number of amides is 1. The van der Waals surface area contributed by atoms with Gasteiger partial charge in [-0.1, -0.05) is 13.8 Å². The number of nitrogens with one attached hydrogen (secondary N) is 1. The Morgan fingerprint density at radius 2 is 1.95 bits per heavy atom. The van der Waals surface area contributed by atoms with Crippen LogP contribution in [0.15, 0.2) is 23.1 Å². The van der Waals surface area contributed by atoms with Crippen molar-refractivity contribution in [1.82, 2.24) is 4.72 Å². The molecule has 1 aromatic carbocycles. The van der Waals surface area contributed by atoms with Crippen LogP contribution in [0.3, 0.4) is 0 Å². The molecule has 6 nitrogen and oxygen atoms in total. The number of nitrogen functional groups attached to an aromatic ring is 1. The minimum absolute atomic E-state index is 0.0181. The van der Waals surface area contributed by atoms with Gasteiger partial charge in [0, 0.05) is 9.26 Å². The van der Waals surface area contributed by atoms with Gasteiger partial charge >= 0.3 is 0 Å². The van der Waals surface area contributed by atoms with Crippen LogP contribution in [-0.2, 0) is 14.8 Å². The lowest BCUT2D eigenvalue weighted by atomic mass is 10.1. The first-order chi connectivity index (χ1) is 8.65. The molecule has 1 aromatic rings. The van der Waals surface area contributed by atoms with Crippen LogP contribution in [0.5, 0.6) is 0 Å². The van der Waals surface area contributed by atoms with E-state index in [9.17, 15) is 13.2 Å². The maximum atomic E-state index is 12.0. The van der Waals surface area contributed by atoms with E-state index >= 15 is 0 Å². The second kappa shape index (κ2) is 6.06. The van der Waals surface area contributed by atoms with Gasteiger partial charge in [0.25, 0.3) is 15.9 Å². The van der Waals surface area contributed by atoms with Gasteiger partial charge in [-0.25, -0.2) is 13.1 Å². The average Bonchev–Trinajstić information content (AvgIpc) is 2.30. The van der Waals surface area contributed by atoms with Crippen molar-refractivity contribution in [2.75, 3.05) is 5.73 Å². The van der Waals surface area contributed by atoms with E-state index in [1.54, 1.807) is 13.8 Å². The largest absolute Gasteiger partial charge is 0.398 e. The monoisotopic (exact) mass is 397 g/mol. The third kappa shape index (κ3) is 4.05. The van der Waals surface area contributed by atoms with Crippen LogP contribution >= 0.6 is 22.6 Å². The maximum absolute atomic E-state index is 12.0. The molecule has 0 unspecified atom stereocenters. The topological polar surface area (TPSA) is 115 Å². The highest BCUT2D eigenvalue weighted by Crippen LogP contribution is 2.19. The predicted molar refractivity (Wildman–Crippen MR) is 81.7 cm³/mol. The van der Waals surface area contributed by atoms with Gasteiger partial charge < -0.3 is 11.5 Å². The molecule has 0 aromatic heterocycles. The Kier molecular flexibility index (Phi) is 5.16. The average molecular weight is 397 g/mol. The molecular formula is C11H16IN3O3S. The molecule has 1 rings (SSSR count). The van der Waals surface area contributed by atoms with Gasteiger partial charge in [-0.05, 0) is 46.7 Å². The zero-order chi connectivity index (χ0) is 14.8. The fourth-order valence-electron chi connectivity index (χ4n) is 1.24. The maximum Gasteiger partial charge on any atom is 0.264 e. The molecule has 0 bridgehead atoms. The first-order valence-electron chi connectivity index (χ1n) is 5.52. The first kappa shape index (κ1) is 16.2. The Balaban J connectivity index is 2.99. The number of carbonyl (C=O) groups excluding carboxylic acids is 1. The minimum atomic E-state index is -3.92. The van der Waals surface area contributed by atoms with Crippen molar-refractivity contribution >= 4 is 44.2 Å². The van der Waals surface area contributed by atoms with Crippen LogP contribution in [0.2, 0.25) is 0 Å². The lowest BCUT2D eigenvalue weighted by Gasteiger charge is -2.15. The third-order valence-corrected chi connectivity index (χ3v) is 4.82. The van der Waals surface area contributed by atoms with E-state index in [0.29, 0.717) is 9.26 Å². The number of benzene rings is 1. The number of halogens is 1. The molecule has 19 heavy (non-hydrogen) atoms. The summed E-state index contributed by atoms with van der Waals surface area (Å²) in [6, 6.07) is 3.34. The van der Waals surface area contributed by atoms with Gasteiger partial charge in [0.05, 0.1) is 10.9 Å². The van der Waals surface area contributed by atoms with Crippen LogP contribution in [0.4, 0.5) is 5.69 Å². The second-order valence-corrected chi connectivity index (χ2v) is 7.27. The summed E-state index contributed by atoms with van der Waals surface area (Å²) in [6.45, 7) is 3.48. The molecule has 0 aliphatic heterocycles. The highest BCUT2D eigenvalue weighted by Gasteiger charge is 2.24. The van der Waals surface area contributed by atoms with Gasteiger partial charge in [0.15, 0.2) is 0 Å². The highest BCUT2D eigenvalue weighted by atomic mass is 127. The molecular weight excluding hydrogens is 381 g/mol. The Morgan fingerprint density at radius 1 is 1.37 bits per heavy atom. The molecule has 0 radical (unpaired) electrons. The van der Waals surface area contributed by atoms with E-state index in [2.05, 4.69) is 0 Å². The summed E-state index contributed by atoms with van der Waals surface area (Å²) < 4.78 is 26.6. The number of sulfonamides is 1. The molecule has 5 N–H and O–H groups in total. The number of anilines is 1. The summed E-state index contributed by atoms with van der Waals surface area (Å²) in [4.78, 5) is 11.7. The number of nitrogens with two attached hydrogens (primary N) is 2. The van der Waals surface area contributed by atoms with Crippen molar-refractivity contribution in [3.63, 3.8) is 0 Å². The quantitative estimate of drug-likeness (QED) is 0.510. The van der Waals surface area contributed by atoms with Gasteiger partial charge in [-0.15, -0.1) is 0 Å². The summed E-state index contributed by atoms with van der Waals surface area (Å²) in [5.41, 5.74) is 11.7. The van der Waals surface area contributed by atoms with Crippen molar-refractivity contribution in [2.24, 2.45) is 11.7 Å². The van der Waals surface area contributed by atoms with Crippen molar-refractivity contribution in [3.05, 3.63) is 21.8 Å². The summed E-state index contributed by atoms with van der Waals surface area (Å²) >= 11 is 1.92. The van der Waals surface area contributed by atoms with Crippen LogP contribution < -0.4 is 16.2 Å². The number of hydrogen-bond acceptors (Lipinski definition) is 5. The van der Waals surface area contributed by atoms with Crippen LogP contribution in [0.1, 0.15) is 13.8 Å². The number of carbonyl (C=O) groups is 1. The SMILES string of the molecule is CC(C)[C@H](N)C(=O)NS(=O)(=O)c1ccc(N)c(I)c1. The summed E-state index contributed by atoms with van der Waals surface area (Å²) in [5, 5.41) is 0. The van der Waals surface area contributed by atoms with Crippen LogP contribution in [0, 0.1) is 9.49 Å². The van der Waals surface area contributed by atoms with E-state index in [1.165, 1.54) is 18.2 Å². The molecule has 0 heterocycles. The van der Waals surface area contributed by atoms with E-state index in [0.717, 1.165) is 0 Å². The zero-order valence-corrected chi connectivity index (χ0v) is 13.5. The van der Waals surface area contributed by atoms with Crippen LogP contribution in [-0.4, -0.2) is 20.4 Å². The fraction of sp³-hybridized carbons (Fsp3) is 0.364. The number of rotatable bonds is 4. The summed E-state index contributed by atoms with van der Waals surface area (Å²) in [6.07, 6.45) is 0. The van der Waals surface area contributed by atoms with Crippen molar-refractivity contribution in [2.45, 2.75) is 24.8 Å². The molecule has 0 fully saturated rings. The summed E-state index contributed by atoms with van der Waals surface area (Å²) in [5.74, 6) is -0.872. The lowest BCUT2D eigenvalue weighted by molar-refractivity contribution is -0.121. The summed E-state index contributed by atoms with van der Waals surface area (Å²) in [7, 11) is -3.92. The molecule has 106 valence electrons. The normalized spacial score (nSPS) is 13.3. The van der Waals surface area contributed by atoms with Gasteiger partial charge in [0.2, 0.25) is 0 Å². The smallest absolute Gasteiger partial charge is 0.264 e. The van der Waals surface area contributed by atoms with Crippen molar-refractivity contribution in [3.8, 4) is 0 Å². The molecule has 8 heteroatoms. The highest BCUT2D eigenvalue weighted by molar-refractivity contribution is 14.1. The zero-order valence-electron chi connectivity index (χ0n) is 10.6. The number of hydrogen-bond donors (Lipinski definition) is 3. The van der Waals surface area contributed by atoms with Gasteiger partial charge in [-0.3, -0.25) is 4.79 Å². The van der Waals surface area contributed by atoms with E-state index in [4.69, 9.17) is 11.5 Å². The minimum Gasteiger partial charge on any atom is -0.398 e. The predicted octanol–water partition coefficient (Wildman–Crippen LogP) is 0.662. The van der Waals surface area contributed by atoms with Gasteiger partial charge in [-0.2, -0.15) is 0 Å². The molecule has 0 saturated carbocycles.